The molecule has 0 aromatic heterocycles. The van der Waals surface area contributed by atoms with E-state index in [-0.39, 0.29) is 34.0 Å². The second-order valence-electron chi connectivity index (χ2n) is 1.92. The standard InChI is InChI=1S/C6H16N2.2BrH/c1-4-5-6(7-2)8-3;;/h6-8H,4-5H2,1-3H3;2*1H. The quantitative estimate of drug-likeness (QED) is 0.765. The van der Waals surface area contributed by atoms with Gasteiger partial charge in [-0.2, -0.15) is 0 Å². The molecule has 4 heteroatoms. The summed E-state index contributed by atoms with van der Waals surface area (Å²) in [7, 11) is 3.94. The minimum absolute atomic E-state index is 0. The van der Waals surface area contributed by atoms with E-state index >= 15 is 0 Å². The lowest BCUT2D eigenvalue weighted by Gasteiger charge is -2.12. The van der Waals surface area contributed by atoms with Crippen molar-refractivity contribution < 1.29 is 0 Å². The van der Waals surface area contributed by atoms with E-state index in [9.17, 15) is 0 Å². The molecule has 0 aromatic rings. The molecule has 0 aliphatic carbocycles. The maximum absolute atomic E-state index is 3.14. The second-order valence-corrected chi connectivity index (χ2v) is 1.92. The first-order valence-corrected chi connectivity index (χ1v) is 3.19. The molecule has 66 valence electrons. The van der Waals surface area contributed by atoms with Gasteiger partial charge in [-0.1, -0.05) is 13.3 Å². The molecule has 0 saturated heterocycles. The molecule has 0 radical (unpaired) electrons. The van der Waals surface area contributed by atoms with Gasteiger partial charge in [-0.3, -0.25) is 0 Å². The van der Waals surface area contributed by atoms with E-state index in [0.717, 1.165) is 0 Å². The summed E-state index contributed by atoms with van der Waals surface area (Å²) in [5, 5.41) is 6.28. The van der Waals surface area contributed by atoms with Crippen LogP contribution in [-0.4, -0.2) is 20.3 Å². The Morgan fingerprint density at radius 3 is 1.60 bits per heavy atom. The zero-order valence-corrected chi connectivity index (χ0v) is 10.2. The molecular formula is C6H18Br2N2. The first-order chi connectivity index (χ1) is 3.85. The second kappa shape index (κ2) is 12.5. The largest absolute Gasteiger partial charge is 0.305 e. The van der Waals surface area contributed by atoms with Crippen LogP contribution in [0, 0.1) is 0 Å². The predicted molar refractivity (Wildman–Crippen MR) is 57.5 cm³/mol. The van der Waals surface area contributed by atoms with E-state index in [2.05, 4.69) is 17.6 Å². The van der Waals surface area contributed by atoms with Crippen molar-refractivity contribution in [2.45, 2.75) is 25.9 Å². The molecule has 0 atom stereocenters. The molecule has 0 unspecified atom stereocenters. The van der Waals surface area contributed by atoms with Crippen LogP contribution in [-0.2, 0) is 0 Å². The van der Waals surface area contributed by atoms with Gasteiger partial charge in [0.15, 0.2) is 0 Å². The Labute approximate surface area is 84.7 Å². The third-order valence-electron chi connectivity index (χ3n) is 1.27. The topological polar surface area (TPSA) is 24.1 Å². The van der Waals surface area contributed by atoms with Crippen molar-refractivity contribution in [3.8, 4) is 0 Å². The Morgan fingerprint density at radius 1 is 1.10 bits per heavy atom. The van der Waals surface area contributed by atoms with E-state index in [1.807, 2.05) is 14.1 Å². The van der Waals surface area contributed by atoms with E-state index in [4.69, 9.17) is 0 Å². The molecule has 0 aromatic carbocycles. The van der Waals surface area contributed by atoms with Crippen molar-refractivity contribution in [3.63, 3.8) is 0 Å². The van der Waals surface area contributed by atoms with E-state index in [0.29, 0.717) is 6.17 Å². The van der Waals surface area contributed by atoms with Crippen LogP contribution in [0.15, 0.2) is 0 Å². The molecule has 0 aliphatic heterocycles. The van der Waals surface area contributed by atoms with Gasteiger partial charge in [0, 0.05) is 0 Å². The number of nitrogens with one attached hydrogen (secondary N) is 2. The zero-order valence-electron chi connectivity index (χ0n) is 6.81. The lowest BCUT2D eigenvalue weighted by Crippen LogP contribution is -2.37. The number of hydrogen-bond acceptors (Lipinski definition) is 2. The minimum atomic E-state index is 0. The third-order valence-corrected chi connectivity index (χ3v) is 1.27. The fourth-order valence-electron chi connectivity index (χ4n) is 0.722. The van der Waals surface area contributed by atoms with Gasteiger partial charge in [0.05, 0.1) is 6.17 Å². The Balaban J connectivity index is -0.000000245. The Morgan fingerprint density at radius 2 is 1.50 bits per heavy atom. The first kappa shape index (κ1) is 17.1. The summed E-state index contributed by atoms with van der Waals surface area (Å²) >= 11 is 0. The van der Waals surface area contributed by atoms with Gasteiger partial charge in [0.25, 0.3) is 0 Å². The highest BCUT2D eigenvalue weighted by atomic mass is 79.9. The molecule has 0 bridgehead atoms. The Hall–Kier alpha value is 0.880. The maximum atomic E-state index is 3.14. The lowest BCUT2D eigenvalue weighted by molar-refractivity contribution is 0.458. The van der Waals surface area contributed by atoms with Gasteiger partial charge in [-0.15, -0.1) is 34.0 Å². The van der Waals surface area contributed by atoms with Gasteiger partial charge in [0.2, 0.25) is 0 Å². The van der Waals surface area contributed by atoms with E-state index < -0.39 is 0 Å². The highest BCUT2D eigenvalue weighted by Crippen LogP contribution is 1.89. The monoisotopic (exact) mass is 276 g/mol. The fourth-order valence-corrected chi connectivity index (χ4v) is 0.722. The first-order valence-electron chi connectivity index (χ1n) is 3.19. The van der Waals surface area contributed by atoms with Crippen molar-refractivity contribution >= 4 is 34.0 Å². The molecule has 0 amide bonds. The molecule has 0 spiro atoms. The fraction of sp³-hybridized carbons (Fsp3) is 1.00. The van der Waals surface area contributed by atoms with E-state index in [1.54, 1.807) is 0 Å². The summed E-state index contributed by atoms with van der Waals surface area (Å²) in [5.74, 6) is 0. The molecule has 0 heterocycles. The number of halogens is 2. The number of hydrogen-bond donors (Lipinski definition) is 2. The maximum Gasteiger partial charge on any atom is 0.0566 e. The van der Waals surface area contributed by atoms with Crippen LogP contribution in [0.5, 0.6) is 0 Å². The van der Waals surface area contributed by atoms with Crippen LogP contribution >= 0.6 is 34.0 Å². The molecule has 0 aliphatic rings. The Kier molecular flexibility index (Phi) is 21.5. The molecule has 10 heavy (non-hydrogen) atoms. The SMILES string of the molecule is Br.Br.CCCC(NC)NC. The molecule has 2 N–H and O–H groups in total. The van der Waals surface area contributed by atoms with Crippen molar-refractivity contribution in [2.75, 3.05) is 14.1 Å². The summed E-state index contributed by atoms with van der Waals surface area (Å²) < 4.78 is 0. The van der Waals surface area contributed by atoms with E-state index in [1.165, 1.54) is 12.8 Å². The molecular weight excluding hydrogens is 260 g/mol. The predicted octanol–water partition coefficient (Wildman–Crippen LogP) is 1.71. The average molecular weight is 278 g/mol. The average Bonchev–Trinajstić information content (AvgIpc) is 1.83. The summed E-state index contributed by atoms with van der Waals surface area (Å²) in [4.78, 5) is 0. The highest BCUT2D eigenvalue weighted by Gasteiger charge is 1.96. The lowest BCUT2D eigenvalue weighted by atomic mass is 10.3. The van der Waals surface area contributed by atoms with Gasteiger partial charge in [0.1, 0.15) is 0 Å². The summed E-state index contributed by atoms with van der Waals surface area (Å²) in [6.45, 7) is 2.18. The molecule has 0 fully saturated rings. The number of rotatable bonds is 4. The van der Waals surface area contributed by atoms with Crippen LogP contribution in [0.1, 0.15) is 19.8 Å². The smallest absolute Gasteiger partial charge is 0.0566 e. The minimum Gasteiger partial charge on any atom is -0.305 e. The molecule has 0 saturated carbocycles. The van der Waals surface area contributed by atoms with Gasteiger partial charge < -0.3 is 10.6 Å². The summed E-state index contributed by atoms with van der Waals surface area (Å²) in [5.41, 5.74) is 0. The van der Waals surface area contributed by atoms with Crippen molar-refractivity contribution in [1.82, 2.24) is 10.6 Å². The zero-order chi connectivity index (χ0) is 6.41. The van der Waals surface area contributed by atoms with Crippen LogP contribution in [0.2, 0.25) is 0 Å². The van der Waals surface area contributed by atoms with Crippen LogP contribution in [0.3, 0.4) is 0 Å². The highest BCUT2D eigenvalue weighted by molar-refractivity contribution is 8.93. The van der Waals surface area contributed by atoms with Crippen LogP contribution < -0.4 is 10.6 Å². The summed E-state index contributed by atoms with van der Waals surface area (Å²) in [6, 6.07) is 0. The van der Waals surface area contributed by atoms with Crippen LogP contribution in [0.4, 0.5) is 0 Å². The van der Waals surface area contributed by atoms with Crippen molar-refractivity contribution in [3.05, 3.63) is 0 Å². The van der Waals surface area contributed by atoms with Crippen LogP contribution in [0.25, 0.3) is 0 Å². The van der Waals surface area contributed by atoms with Gasteiger partial charge >= 0.3 is 0 Å². The summed E-state index contributed by atoms with van der Waals surface area (Å²) in [6.07, 6.45) is 2.93. The van der Waals surface area contributed by atoms with Gasteiger partial charge in [-0.25, -0.2) is 0 Å². The van der Waals surface area contributed by atoms with Gasteiger partial charge in [-0.05, 0) is 20.5 Å². The Bertz CT molecular complexity index is 49.0. The van der Waals surface area contributed by atoms with Crippen molar-refractivity contribution in [1.29, 1.82) is 0 Å². The molecule has 2 nitrogen and oxygen atoms in total. The third kappa shape index (κ3) is 8.88. The normalized spacial score (nSPS) is 8.40. The van der Waals surface area contributed by atoms with Crippen molar-refractivity contribution in [2.24, 2.45) is 0 Å². The molecule has 0 rings (SSSR count).